The summed E-state index contributed by atoms with van der Waals surface area (Å²) in [5.74, 6) is 0.736. The standard InChI is InChI=1S/C17H29N3O/c1-17(2,3)19-12-15-11-18-8-5-16(15)20(4)13-14-6-9-21-10-7-14/h5,8,11,14,19H,6-7,9-10,12-13H2,1-4H3. The first-order valence-electron chi connectivity index (χ1n) is 7.92. The van der Waals surface area contributed by atoms with Crippen molar-refractivity contribution in [2.45, 2.75) is 45.7 Å². The second-order valence-electron chi connectivity index (χ2n) is 7.04. The van der Waals surface area contributed by atoms with Crippen molar-refractivity contribution in [3.63, 3.8) is 0 Å². The minimum Gasteiger partial charge on any atom is -0.381 e. The van der Waals surface area contributed by atoms with E-state index in [4.69, 9.17) is 4.74 Å². The molecule has 0 atom stereocenters. The molecule has 1 aromatic rings. The molecule has 4 nitrogen and oxygen atoms in total. The zero-order valence-electron chi connectivity index (χ0n) is 13.9. The van der Waals surface area contributed by atoms with E-state index in [1.54, 1.807) is 0 Å². The number of nitrogens with zero attached hydrogens (tertiary/aromatic N) is 2. The van der Waals surface area contributed by atoms with Gasteiger partial charge in [0.1, 0.15) is 0 Å². The molecule has 1 aliphatic heterocycles. The molecule has 1 N–H and O–H groups in total. The van der Waals surface area contributed by atoms with Gasteiger partial charge in [0.15, 0.2) is 0 Å². The van der Waals surface area contributed by atoms with E-state index in [9.17, 15) is 0 Å². The van der Waals surface area contributed by atoms with Crippen LogP contribution >= 0.6 is 0 Å². The van der Waals surface area contributed by atoms with Gasteiger partial charge in [-0.05, 0) is 45.6 Å². The summed E-state index contributed by atoms with van der Waals surface area (Å²) in [5, 5.41) is 3.55. The summed E-state index contributed by atoms with van der Waals surface area (Å²) >= 11 is 0. The number of hydrogen-bond acceptors (Lipinski definition) is 4. The van der Waals surface area contributed by atoms with Gasteiger partial charge in [0, 0.05) is 62.5 Å². The molecule has 2 heterocycles. The van der Waals surface area contributed by atoms with Crippen LogP contribution in [0.25, 0.3) is 0 Å². The average molecular weight is 291 g/mol. The van der Waals surface area contributed by atoms with E-state index in [2.05, 4.69) is 49.1 Å². The topological polar surface area (TPSA) is 37.4 Å². The molecule has 0 aromatic carbocycles. The summed E-state index contributed by atoms with van der Waals surface area (Å²) in [6.45, 7) is 10.3. The Kier molecular flexibility index (Phi) is 5.59. The Balaban J connectivity index is 2.00. The highest BCUT2D eigenvalue weighted by atomic mass is 16.5. The van der Waals surface area contributed by atoms with E-state index in [0.29, 0.717) is 0 Å². The van der Waals surface area contributed by atoms with Crippen LogP contribution in [0.3, 0.4) is 0 Å². The summed E-state index contributed by atoms with van der Waals surface area (Å²) in [6, 6.07) is 2.12. The van der Waals surface area contributed by atoms with E-state index < -0.39 is 0 Å². The van der Waals surface area contributed by atoms with Crippen molar-refractivity contribution in [1.82, 2.24) is 10.3 Å². The Hall–Kier alpha value is -1.13. The minimum atomic E-state index is 0.117. The maximum absolute atomic E-state index is 5.45. The van der Waals surface area contributed by atoms with Crippen molar-refractivity contribution in [2.75, 3.05) is 31.7 Å². The lowest BCUT2D eigenvalue weighted by Crippen LogP contribution is -2.36. The molecule has 0 saturated carbocycles. The fourth-order valence-electron chi connectivity index (χ4n) is 2.70. The van der Waals surface area contributed by atoms with Crippen molar-refractivity contribution in [2.24, 2.45) is 5.92 Å². The number of ether oxygens (including phenoxy) is 1. The summed E-state index contributed by atoms with van der Waals surface area (Å²) in [4.78, 5) is 6.66. The molecule has 2 rings (SSSR count). The highest BCUT2D eigenvalue weighted by molar-refractivity contribution is 5.51. The summed E-state index contributed by atoms with van der Waals surface area (Å²) in [5.41, 5.74) is 2.67. The number of hydrogen-bond donors (Lipinski definition) is 1. The van der Waals surface area contributed by atoms with Crippen LogP contribution in [0.2, 0.25) is 0 Å². The number of nitrogens with one attached hydrogen (secondary N) is 1. The second-order valence-corrected chi connectivity index (χ2v) is 7.04. The molecular formula is C17H29N3O. The lowest BCUT2D eigenvalue weighted by molar-refractivity contribution is 0.0685. The van der Waals surface area contributed by atoms with Gasteiger partial charge in [-0.3, -0.25) is 4.98 Å². The van der Waals surface area contributed by atoms with Crippen molar-refractivity contribution >= 4 is 5.69 Å². The largest absolute Gasteiger partial charge is 0.381 e. The normalized spacial score (nSPS) is 17.0. The van der Waals surface area contributed by atoms with Gasteiger partial charge in [0.2, 0.25) is 0 Å². The molecule has 0 bridgehead atoms. The van der Waals surface area contributed by atoms with Gasteiger partial charge in [0.25, 0.3) is 0 Å². The smallest absolute Gasteiger partial charge is 0.0469 e. The van der Waals surface area contributed by atoms with E-state index >= 15 is 0 Å². The average Bonchev–Trinajstić information content (AvgIpc) is 2.46. The molecule has 1 saturated heterocycles. The molecule has 1 aliphatic rings. The van der Waals surface area contributed by atoms with Gasteiger partial charge >= 0.3 is 0 Å². The number of rotatable bonds is 5. The molecule has 0 spiro atoms. The van der Waals surface area contributed by atoms with Crippen LogP contribution in [0.15, 0.2) is 18.5 Å². The summed E-state index contributed by atoms with van der Waals surface area (Å²) < 4.78 is 5.45. The van der Waals surface area contributed by atoms with Crippen LogP contribution in [0, 0.1) is 5.92 Å². The van der Waals surface area contributed by atoms with Crippen molar-refractivity contribution in [3.05, 3.63) is 24.0 Å². The molecule has 0 aliphatic carbocycles. The van der Waals surface area contributed by atoms with E-state index in [1.165, 1.54) is 24.1 Å². The Morgan fingerprint density at radius 1 is 1.33 bits per heavy atom. The number of aromatic nitrogens is 1. The van der Waals surface area contributed by atoms with Crippen LogP contribution in [0.1, 0.15) is 39.2 Å². The monoisotopic (exact) mass is 291 g/mol. The van der Waals surface area contributed by atoms with Gasteiger partial charge in [-0.1, -0.05) is 0 Å². The molecule has 4 heteroatoms. The van der Waals surface area contributed by atoms with Gasteiger partial charge in [-0.25, -0.2) is 0 Å². The third kappa shape index (κ3) is 5.29. The zero-order valence-corrected chi connectivity index (χ0v) is 13.9. The highest BCUT2D eigenvalue weighted by Crippen LogP contribution is 2.23. The third-order valence-electron chi connectivity index (χ3n) is 3.97. The van der Waals surface area contributed by atoms with Crippen LogP contribution in [0.4, 0.5) is 5.69 Å². The van der Waals surface area contributed by atoms with Crippen LogP contribution in [-0.4, -0.2) is 37.3 Å². The highest BCUT2D eigenvalue weighted by Gasteiger charge is 2.18. The van der Waals surface area contributed by atoms with E-state index in [0.717, 1.165) is 32.2 Å². The first kappa shape index (κ1) is 16.2. The Morgan fingerprint density at radius 2 is 2.05 bits per heavy atom. The molecule has 1 aromatic heterocycles. The minimum absolute atomic E-state index is 0.117. The van der Waals surface area contributed by atoms with Gasteiger partial charge < -0.3 is 15.0 Å². The van der Waals surface area contributed by atoms with E-state index in [1.807, 2.05) is 12.4 Å². The fourth-order valence-corrected chi connectivity index (χ4v) is 2.70. The number of pyridine rings is 1. The van der Waals surface area contributed by atoms with E-state index in [-0.39, 0.29) is 5.54 Å². The Bertz CT molecular complexity index is 436. The quantitative estimate of drug-likeness (QED) is 0.905. The van der Waals surface area contributed by atoms with Gasteiger partial charge in [-0.15, -0.1) is 0 Å². The molecule has 1 fully saturated rings. The fraction of sp³-hybridized carbons (Fsp3) is 0.706. The maximum Gasteiger partial charge on any atom is 0.0469 e. The van der Waals surface area contributed by atoms with Crippen LogP contribution < -0.4 is 10.2 Å². The van der Waals surface area contributed by atoms with Crippen LogP contribution in [-0.2, 0) is 11.3 Å². The molecule has 118 valence electrons. The van der Waals surface area contributed by atoms with Gasteiger partial charge in [-0.2, -0.15) is 0 Å². The molecule has 0 radical (unpaired) electrons. The molecule has 0 unspecified atom stereocenters. The predicted molar refractivity (Wildman–Crippen MR) is 87.6 cm³/mol. The molecular weight excluding hydrogens is 262 g/mol. The van der Waals surface area contributed by atoms with Crippen LogP contribution in [0.5, 0.6) is 0 Å². The SMILES string of the molecule is CN(CC1CCOCC1)c1ccncc1CNC(C)(C)C. The second kappa shape index (κ2) is 7.23. The van der Waals surface area contributed by atoms with Gasteiger partial charge in [0.05, 0.1) is 0 Å². The van der Waals surface area contributed by atoms with Crippen molar-refractivity contribution in [3.8, 4) is 0 Å². The number of anilines is 1. The lowest BCUT2D eigenvalue weighted by Gasteiger charge is -2.30. The zero-order chi connectivity index (χ0) is 15.3. The Labute approximate surface area is 128 Å². The molecule has 0 amide bonds. The lowest BCUT2D eigenvalue weighted by atomic mass is 9.99. The summed E-state index contributed by atoms with van der Waals surface area (Å²) in [7, 11) is 2.19. The predicted octanol–water partition coefficient (Wildman–Crippen LogP) is 2.83. The first-order chi connectivity index (χ1) is 9.96. The van der Waals surface area contributed by atoms with Crippen molar-refractivity contribution in [1.29, 1.82) is 0 Å². The van der Waals surface area contributed by atoms with Crippen molar-refractivity contribution < 1.29 is 4.74 Å². The molecule has 21 heavy (non-hydrogen) atoms. The maximum atomic E-state index is 5.45. The first-order valence-corrected chi connectivity index (χ1v) is 7.92. The Morgan fingerprint density at radius 3 is 2.71 bits per heavy atom. The summed E-state index contributed by atoms with van der Waals surface area (Å²) in [6.07, 6.45) is 6.21. The third-order valence-corrected chi connectivity index (χ3v) is 3.97.